The molecule has 3 aliphatic heterocycles. The number of sulfone groups is 1. The molecule has 1 amide bonds. The highest BCUT2D eigenvalue weighted by molar-refractivity contribution is 7.92. The van der Waals surface area contributed by atoms with Gasteiger partial charge < -0.3 is 34.5 Å². The minimum Gasteiger partial charge on any atom is -0.490 e. The van der Waals surface area contributed by atoms with E-state index in [4.69, 9.17) is 23.9 Å². The molecule has 3 aromatic carbocycles. The zero-order chi connectivity index (χ0) is 54.5. The maximum absolute atomic E-state index is 14.3. The molecule has 6 aromatic rings. The molecule has 3 aromatic heterocycles. The third kappa shape index (κ3) is 13.4. The number of anilines is 3. The van der Waals surface area contributed by atoms with Crippen molar-refractivity contribution in [2.45, 2.75) is 88.1 Å². The van der Waals surface area contributed by atoms with Crippen LogP contribution in [0.25, 0.3) is 21.8 Å². The average Bonchev–Trinajstić information content (AvgIpc) is 4.00. The van der Waals surface area contributed by atoms with Crippen LogP contribution < -0.4 is 20.3 Å². The Balaban J connectivity index is 0.675. The molecule has 17 nitrogen and oxygen atoms in total. The van der Waals surface area contributed by atoms with E-state index in [-0.39, 0.29) is 53.1 Å². The number of nitrogens with one attached hydrogen (secondary N) is 3. The van der Waals surface area contributed by atoms with Crippen molar-refractivity contribution in [1.82, 2.24) is 40.2 Å². The molecule has 0 saturated carbocycles. The number of hydrogen-bond acceptors (Lipinski definition) is 15. The van der Waals surface area contributed by atoms with Crippen molar-refractivity contribution in [3.63, 3.8) is 0 Å². The van der Waals surface area contributed by atoms with E-state index in [9.17, 15) is 22.0 Å². The van der Waals surface area contributed by atoms with Crippen LogP contribution in [0.4, 0.5) is 26.0 Å². The smallest absolute Gasteiger partial charge is 0.241 e. The van der Waals surface area contributed by atoms with E-state index in [1.807, 2.05) is 11.1 Å². The number of halogens is 2. The topological polar surface area (TPSA) is 180 Å². The Hall–Kier alpha value is -5.71. The first kappa shape index (κ1) is 56.0. The van der Waals surface area contributed by atoms with Crippen LogP contribution in [-0.2, 0) is 40.7 Å². The maximum atomic E-state index is 14.3. The fraction of sp³-hybridized carbons (Fsp3) is 0.509. The number of hydrogen-bond donors (Lipinski definition) is 3. The predicted molar refractivity (Wildman–Crippen MR) is 295 cm³/mol. The van der Waals surface area contributed by atoms with Gasteiger partial charge in [-0.1, -0.05) is 26.0 Å². The number of pyridine rings is 2. The number of rotatable bonds is 22. The van der Waals surface area contributed by atoms with Crippen LogP contribution in [0, 0.1) is 11.6 Å². The van der Waals surface area contributed by atoms with Crippen LogP contribution in [0.2, 0.25) is 0 Å². The highest BCUT2D eigenvalue weighted by atomic mass is 32.2. The summed E-state index contributed by atoms with van der Waals surface area (Å²) in [7, 11) is -3.87. The zero-order valence-corrected chi connectivity index (χ0v) is 46.2. The molecule has 0 spiro atoms. The molecule has 414 valence electrons. The van der Waals surface area contributed by atoms with Crippen molar-refractivity contribution in [1.29, 1.82) is 0 Å². The van der Waals surface area contributed by atoms with Crippen LogP contribution in [0.15, 0.2) is 84.0 Å². The molecule has 0 radical (unpaired) electrons. The second kappa shape index (κ2) is 24.1. The van der Waals surface area contributed by atoms with Gasteiger partial charge in [0.25, 0.3) is 0 Å². The number of aromatic nitrogens is 4. The zero-order valence-electron chi connectivity index (χ0n) is 45.4. The summed E-state index contributed by atoms with van der Waals surface area (Å²) in [6, 6.07) is 18.7. The molecule has 20 heteroatoms. The van der Waals surface area contributed by atoms with Gasteiger partial charge in [-0.2, -0.15) is 5.10 Å². The minimum atomic E-state index is -3.87. The van der Waals surface area contributed by atoms with E-state index in [1.165, 1.54) is 24.3 Å². The molecule has 3 atom stereocenters. The summed E-state index contributed by atoms with van der Waals surface area (Å²) in [6.45, 7) is 23.2. The molecule has 2 fully saturated rings. The van der Waals surface area contributed by atoms with Gasteiger partial charge in [-0.25, -0.2) is 17.2 Å². The fourth-order valence-corrected chi connectivity index (χ4v) is 11.8. The summed E-state index contributed by atoms with van der Waals surface area (Å²) in [6.07, 6.45) is 4.10. The molecular weight excluding hydrogens is 1010 g/mol. The normalized spacial score (nSPS) is 19.5. The van der Waals surface area contributed by atoms with Crippen molar-refractivity contribution in [2.24, 2.45) is 0 Å². The number of ether oxygens (including phenoxy) is 4. The standard InChI is InChI=1S/C57H74F2N10O7S/c1-38-33-68(36-53(70)69-37-57(6,7)54-50(69)27-41(31-62-54)26-40-8-10-42(58)11-9-40)44(32-61-38)35-67-17-16-66(34-39(67)2)18-19-73-20-21-74-22-23-75-24-25-76-51-30-49-45(29-52(51)77(71,72)56(3,4)5)47(14-15-60-49)63-55-46-28-43(59)12-13-48(46)64-65-55/h8-15,27-31,38-39,44,61H,16-26,32-37H2,1-7H3,(H2,60,63,64,65)/t38-,39?,44-/m1/s1. The minimum absolute atomic E-state index is 0.0247. The van der Waals surface area contributed by atoms with Crippen molar-refractivity contribution < 1.29 is 40.9 Å². The number of aromatic amines is 1. The van der Waals surface area contributed by atoms with Gasteiger partial charge in [0.2, 0.25) is 5.91 Å². The molecule has 2 saturated heterocycles. The van der Waals surface area contributed by atoms with Crippen LogP contribution in [-0.4, -0.2) is 177 Å². The molecule has 0 aliphatic carbocycles. The average molecular weight is 1080 g/mol. The summed E-state index contributed by atoms with van der Waals surface area (Å²) in [5.74, 6) is -0.0125. The molecule has 3 N–H and O–H groups in total. The quantitative estimate of drug-likeness (QED) is 0.0586. The van der Waals surface area contributed by atoms with Crippen LogP contribution in [0.5, 0.6) is 5.75 Å². The summed E-state index contributed by atoms with van der Waals surface area (Å²) >= 11 is 0. The Morgan fingerprint density at radius 3 is 2.30 bits per heavy atom. The van der Waals surface area contributed by atoms with Gasteiger partial charge in [0.15, 0.2) is 15.7 Å². The number of fused-ring (bicyclic) bond motifs is 3. The third-order valence-corrected chi connectivity index (χ3v) is 17.4. The Labute approximate surface area is 450 Å². The first-order valence-electron chi connectivity index (χ1n) is 26.7. The Bertz CT molecular complexity index is 3120. The SMILES string of the molecule is CC1CN(CCOCCOCCOCCOc2cc3nccc(Nc4n[nH]c5ccc(F)cc45)c3cc2S(=O)(=O)C(C)(C)C)CCN1C[C@H]1CN[C@H](C)CN1CC(=O)N1CC(C)(C)c2ncc(Cc3ccc(F)cc3)cc21. The molecule has 0 bridgehead atoms. The number of amides is 1. The first-order chi connectivity index (χ1) is 36.8. The lowest BCUT2D eigenvalue weighted by Gasteiger charge is -2.45. The molecule has 9 rings (SSSR count). The Kier molecular flexibility index (Phi) is 17.5. The lowest BCUT2D eigenvalue weighted by Crippen LogP contribution is -2.63. The number of carbonyl (C=O) groups excluding carboxylic acids is 1. The van der Waals surface area contributed by atoms with Crippen LogP contribution >= 0.6 is 0 Å². The molecular formula is C57H74F2N10O7S. The van der Waals surface area contributed by atoms with E-state index in [0.717, 1.165) is 68.3 Å². The second-order valence-corrected chi connectivity index (χ2v) is 24.9. The first-order valence-corrected chi connectivity index (χ1v) is 28.2. The van der Waals surface area contributed by atoms with Crippen LogP contribution in [0.3, 0.4) is 0 Å². The highest BCUT2D eigenvalue weighted by Crippen LogP contribution is 2.41. The van der Waals surface area contributed by atoms with Crippen molar-refractivity contribution >= 4 is 54.7 Å². The largest absolute Gasteiger partial charge is 0.490 e. The molecule has 1 unspecified atom stereocenters. The summed E-state index contributed by atoms with van der Waals surface area (Å²) in [5.41, 5.74) is 5.23. The van der Waals surface area contributed by atoms with Crippen molar-refractivity contribution in [3.05, 3.63) is 108 Å². The van der Waals surface area contributed by atoms with Gasteiger partial charge >= 0.3 is 0 Å². The number of nitrogens with zero attached hydrogens (tertiary/aromatic N) is 7. The van der Waals surface area contributed by atoms with E-state index >= 15 is 0 Å². The summed E-state index contributed by atoms with van der Waals surface area (Å²) < 4.78 is 78.0. The predicted octanol–water partition coefficient (Wildman–Crippen LogP) is 7.11. The third-order valence-electron chi connectivity index (χ3n) is 14.9. The lowest BCUT2D eigenvalue weighted by molar-refractivity contribution is -0.121. The number of benzene rings is 3. The van der Waals surface area contributed by atoms with E-state index in [0.29, 0.717) is 91.9 Å². The summed E-state index contributed by atoms with van der Waals surface area (Å²) in [5, 5.41) is 15.2. The molecule has 3 aliphatic rings. The van der Waals surface area contributed by atoms with E-state index in [1.54, 1.807) is 63.4 Å². The number of H-pyrrole nitrogens is 1. The maximum Gasteiger partial charge on any atom is 0.241 e. The van der Waals surface area contributed by atoms with Gasteiger partial charge in [0.1, 0.15) is 28.9 Å². The van der Waals surface area contributed by atoms with Gasteiger partial charge in [-0.15, -0.1) is 0 Å². The highest BCUT2D eigenvalue weighted by Gasteiger charge is 2.41. The number of piperazine rings is 2. The number of carbonyl (C=O) groups is 1. The van der Waals surface area contributed by atoms with E-state index in [2.05, 4.69) is 74.3 Å². The molecule has 6 heterocycles. The Morgan fingerprint density at radius 1 is 0.831 bits per heavy atom. The Morgan fingerprint density at radius 2 is 1.56 bits per heavy atom. The van der Waals surface area contributed by atoms with Gasteiger partial charge in [0.05, 0.1) is 79.0 Å². The van der Waals surface area contributed by atoms with Gasteiger partial charge in [-0.3, -0.25) is 34.6 Å². The van der Waals surface area contributed by atoms with Gasteiger partial charge in [-0.05, 0) is 101 Å². The lowest BCUT2D eigenvalue weighted by atomic mass is 9.91. The van der Waals surface area contributed by atoms with E-state index < -0.39 is 20.4 Å². The molecule has 77 heavy (non-hydrogen) atoms. The van der Waals surface area contributed by atoms with Crippen molar-refractivity contribution in [2.75, 3.05) is 115 Å². The van der Waals surface area contributed by atoms with Gasteiger partial charge in [0, 0.05) is 105 Å². The second-order valence-electron chi connectivity index (χ2n) is 22.3. The summed E-state index contributed by atoms with van der Waals surface area (Å²) in [4.78, 5) is 33.0. The fourth-order valence-electron chi connectivity index (χ4n) is 10.5. The monoisotopic (exact) mass is 1080 g/mol. The van der Waals surface area contributed by atoms with Crippen LogP contribution in [0.1, 0.15) is 65.3 Å². The van der Waals surface area contributed by atoms with Crippen molar-refractivity contribution in [3.8, 4) is 5.75 Å².